The first-order chi connectivity index (χ1) is 17.8. The third-order valence-electron chi connectivity index (χ3n) is 7.82. The van der Waals surface area contributed by atoms with Crippen molar-refractivity contribution < 1.29 is 32.2 Å². The summed E-state index contributed by atoms with van der Waals surface area (Å²) in [5.41, 5.74) is 1.34. The van der Waals surface area contributed by atoms with E-state index in [1.807, 2.05) is 6.07 Å². The number of ether oxygens (including phenoxy) is 2. The maximum absolute atomic E-state index is 13.7. The zero-order valence-corrected chi connectivity index (χ0v) is 20.6. The standard InChI is InChI=1S/C27H30F3N3O4/c1-36-25-13-18(28)5-8-21(25)16-2-6-20(7-3-16)32-11-10-19(14-32)31-26(34)33-24(15-37-27(33)35)17-4-9-22(29)23(30)12-17/h4-5,8-9,12-13,16,19-20,24H,2-3,6-7,10-11,14-15H2,1H3,(H,31,34). The van der Waals surface area contributed by atoms with Gasteiger partial charge in [0.15, 0.2) is 11.6 Å². The molecule has 0 spiro atoms. The lowest BCUT2D eigenvalue weighted by Crippen LogP contribution is -2.47. The van der Waals surface area contributed by atoms with Crippen molar-refractivity contribution in [1.82, 2.24) is 15.1 Å². The zero-order chi connectivity index (χ0) is 26.1. The average Bonchev–Trinajstić information content (AvgIpc) is 3.52. The quantitative estimate of drug-likeness (QED) is 0.597. The summed E-state index contributed by atoms with van der Waals surface area (Å²) in [4.78, 5) is 28.6. The highest BCUT2D eigenvalue weighted by atomic mass is 19.2. The normalized spacial score (nSPS) is 26.3. The van der Waals surface area contributed by atoms with E-state index in [0.29, 0.717) is 29.8 Å². The topological polar surface area (TPSA) is 71.1 Å². The molecule has 7 nitrogen and oxygen atoms in total. The Morgan fingerprint density at radius 2 is 1.81 bits per heavy atom. The monoisotopic (exact) mass is 517 g/mol. The van der Waals surface area contributed by atoms with Crippen LogP contribution < -0.4 is 10.1 Å². The van der Waals surface area contributed by atoms with E-state index in [2.05, 4.69) is 10.2 Å². The Morgan fingerprint density at radius 1 is 1.03 bits per heavy atom. The van der Waals surface area contributed by atoms with Gasteiger partial charge in [-0.1, -0.05) is 12.1 Å². The van der Waals surface area contributed by atoms with Crippen molar-refractivity contribution in [2.75, 3.05) is 26.8 Å². The summed E-state index contributed by atoms with van der Waals surface area (Å²) < 4.78 is 51.1. The number of benzene rings is 2. The van der Waals surface area contributed by atoms with Gasteiger partial charge in [-0.3, -0.25) is 4.90 Å². The first kappa shape index (κ1) is 25.4. The van der Waals surface area contributed by atoms with Crippen molar-refractivity contribution in [2.45, 2.75) is 56.1 Å². The highest BCUT2D eigenvalue weighted by Gasteiger charge is 2.41. The third kappa shape index (κ3) is 5.25. The molecule has 2 aromatic rings. The molecule has 0 aromatic heterocycles. The molecule has 0 bridgehead atoms. The predicted molar refractivity (Wildman–Crippen MR) is 129 cm³/mol. The van der Waals surface area contributed by atoms with Gasteiger partial charge in [-0.05, 0) is 67.3 Å². The molecule has 2 unspecified atom stereocenters. The lowest BCUT2D eigenvalue weighted by Gasteiger charge is -2.35. The van der Waals surface area contributed by atoms with Crippen LogP contribution in [0.5, 0.6) is 5.75 Å². The average molecular weight is 518 g/mol. The van der Waals surface area contributed by atoms with Crippen LogP contribution in [0.4, 0.5) is 22.8 Å². The molecule has 37 heavy (non-hydrogen) atoms. The highest BCUT2D eigenvalue weighted by molar-refractivity contribution is 5.92. The number of hydrogen-bond donors (Lipinski definition) is 1. The minimum Gasteiger partial charge on any atom is -0.496 e. The van der Waals surface area contributed by atoms with Gasteiger partial charge in [-0.25, -0.2) is 27.7 Å². The number of imide groups is 1. The molecule has 3 fully saturated rings. The van der Waals surface area contributed by atoms with E-state index in [1.165, 1.54) is 18.2 Å². The van der Waals surface area contributed by atoms with Gasteiger partial charge in [0.1, 0.15) is 24.2 Å². The predicted octanol–water partition coefficient (Wildman–Crippen LogP) is 5.12. The number of nitrogens with zero attached hydrogens (tertiary/aromatic N) is 2. The van der Waals surface area contributed by atoms with Gasteiger partial charge in [0.05, 0.1) is 7.11 Å². The maximum Gasteiger partial charge on any atom is 0.418 e. The molecular weight excluding hydrogens is 487 g/mol. The summed E-state index contributed by atoms with van der Waals surface area (Å²) in [7, 11) is 1.56. The molecule has 1 saturated carbocycles. The van der Waals surface area contributed by atoms with E-state index in [4.69, 9.17) is 9.47 Å². The molecule has 3 amide bonds. The van der Waals surface area contributed by atoms with Crippen molar-refractivity contribution in [1.29, 1.82) is 0 Å². The lowest BCUT2D eigenvalue weighted by molar-refractivity contribution is 0.155. The Balaban J connectivity index is 1.16. The summed E-state index contributed by atoms with van der Waals surface area (Å²) in [6.07, 6.45) is 3.85. The number of rotatable bonds is 5. The van der Waals surface area contributed by atoms with Crippen LogP contribution in [-0.4, -0.2) is 60.8 Å². The van der Waals surface area contributed by atoms with Gasteiger partial charge in [-0.2, -0.15) is 0 Å². The number of amides is 3. The zero-order valence-electron chi connectivity index (χ0n) is 20.6. The van der Waals surface area contributed by atoms with Gasteiger partial charge in [0.25, 0.3) is 0 Å². The molecule has 5 rings (SSSR count). The smallest absolute Gasteiger partial charge is 0.418 e. The van der Waals surface area contributed by atoms with E-state index in [-0.39, 0.29) is 18.5 Å². The van der Waals surface area contributed by atoms with Crippen LogP contribution >= 0.6 is 0 Å². The minimum absolute atomic E-state index is 0.115. The second-order valence-corrected chi connectivity index (χ2v) is 9.96. The number of urea groups is 1. The van der Waals surface area contributed by atoms with Crippen LogP contribution in [-0.2, 0) is 4.74 Å². The number of cyclic esters (lactones) is 1. The molecule has 2 heterocycles. The molecule has 2 saturated heterocycles. The molecule has 198 valence electrons. The van der Waals surface area contributed by atoms with Crippen LogP contribution in [0, 0.1) is 17.5 Å². The van der Waals surface area contributed by atoms with E-state index in [9.17, 15) is 22.8 Å². The van der Waals surface area contributed by atoms with Crippen molar-refractivity contribution in [3.63, 3.8) is 0 Å². The Bertz CT molecular complexity index is 1170. The molecule has 2 aliphatic heterocycles. The maximum atomic E-state index is 13.7. The SMILES string of the molecule is COc1cc(F)ccc1C1CCC(N2CCC(NC(=O)N3C(=O)OCC3c3ccc(F)c(F)c3)C2)CC1. The van der Waals surface area contributed by atoms with Crippen molar-refractivity contribution in [3.05, 3.63) is 65.0 Å². The molecular formula is C27H30F3N3O4. The van der Waals surface area contributed by atoms with Crippen LogP contribution in [0.3, 0.4) is 0 Å². The first-order valence-electron chi connectivity index (χ1n) is 12.6. The molecule has 1 N–H and O–H groups in total. The van der Waals surface area contributed by atoms with Crippen LogP contribution in [0.1, 0.15) is 55.2 Å². The fourth-order valence-electron chi connectivity index (χ4n) is 5.87. The Labute approximate surface area is 213 Å². The van der Waals surface area contributed by atoms with Gasteiger partial charge in [-0.15, -0.1) is 0 Å². The van der Waals surface area contributed by atoms with Gasteiger partial charge >= 0.3 is 12.1 Å². The fraction of sp³-hybridized carbons (Fsp3) is 0.481. The fourth-order valence-corrected chi connectivity index (χ4v) is 5.87. The van der Waals surface area contributed by atoms with Crippen molar-refractivity contribution in [2.24, 2.45) is 0 Å². The summed E-state index contributed by atoms with van der Waals surface area (Å²) in [6.45, 7) is 1.38. The van der Waals surface area contributed by atoms with E-state index in [1.54, 1.807) is 7.11 Å². The Morgan fingerprint density at radius 3 is 2.54 bits per heavy atom. The second-order valence-electron chi connectivity index (χ2n) is 9.96. The van der Waals surface area contributed by atoms with Crippen LogP contribution in [0.2, 0.25) is 0 Å². The van der Waals surface area contributed by atoms with Crippen molar-refractivity contribution in [3.8, 4) is 5.75 Å². The minimum atomic E-state index is -1.05. The van der Waals surface area contributed by atoms with Crippen LogP contribution in [0.25, 0.3) is 0 Å². The highest BCUT2D eigenvalue weighted by Crippen LogP contribution is 2.39. The summed E-state index contributed by atoms with van der Waals surface area (Å²) in [5, 5.41) is 2.93. The molecule has 10 heteroatoms. The van der Waals surface area contributed by atoms with Gasteiger partial charge < -0.3 is 14.8 Å². The molecule has 2 aromatic carbocycles. The van der Waals surface area contributed by atoms with E-state index < -0.39 is 29.8 Å². The Hall–Kier alpha value is -3.27. The van der Waals surface area contributed by atoms with E-state index >= 15 is 0 Å². The number of methoxy groups -OCH3 is 1. The molecule has 0 radical (unpaired) electrons. The van der Waals surface area contributed by atoms with Gasteiger partial charge in [0, 0.05) is 31.2 Å². The lowest BCUT2D eigenvalue weighted by atomic mass is 9.81. The first-order valence-corrected chi connectivity index (χ1v) is 12.6. The number of nitrogens with one attached hydrogen (secondary N) is 1. The second kappa shape index (κ2) is 10.6. The third-order valence-corrected chi connectivity index (χ3v) is 7.82. The largest absolute Gasteiger partial charge is 0.496 e. The summed E-state index contributed by atoms with van der Waals surface area (Å²) in [5.74, 6) is -1.44. The molecule has 2 atom stereocenters. The Kier molecular flexibility index (Phi) is 7.28. The number of hydrogen-bond acceptors (Lipinski definition) is 5. The van der Waals surface area contributed by atoms with Gasteiger partial charge in [0.2, 0.25) is 0 Å². The summed E-state index contributed by atoms with van der Waals surface area (Å²) >= 11 is 0. The van der Waals surface area contributed by atoms with Crippen molar-refractivity contribution >= 4 is 12.1 Å². The van der Waals surface area contributed by atoms with Crippen LogP contribution in [0.15, 0.2) is 36.4 Å². The summed E-state index contributed by atoms with van der Waals surface area (Å²) in [6, 6.07) is 6.86. The number of carbonyl (C=O) groups is 2. The van der Waals surface area contributed by atoms with E-state index in [0.717, 1.165) is 61.2 Å². The molecule has 1 aliphatic carbocycles. The number of likely N-dealkylation sites (tertiary alicyclic amines) is 1. The number of carbonyl (C=O) groups excluding carboxylic acids is 2. The molecule has 3 aliphatic rings. The number of halogens is 3.